The van der Waals surface area contributed by atoms with E-state index < -0.39 is 10.2 Å². The number of rotatable bonds is 3. The number of amides is 1. The molecular formula is C19H24BrN3O5S. The Hall–Kier alpha value is -1.46. The molecule has 4 rings (SSSR count). The highest BCUT2D eigenvalue weighted by molar-refractivity contribution is 9.10. The molecule has 1 aromatic carbocycles. The van der Waals surface area contributed by atoms with E-state index in [2.05, 4.69) is 15.9 Å². The fourth-order valence-electron chi connectivity index (χ4n) is 3.88. The molecule has 8 nitrogen and oxygen atoms in total. The van der Waals surface area contributed by atoms with Crippen LogP contribution in [0.1, 0.15) is 24.4 Å². The van der Waals surface area contributed by atoms with Crippen LogP contribution in [0.15, 0.2) is 33.2 Å². The first kappa shape index (κ1) is 20.8. The summed E-state index contributed by atoms with van der Waals surface area (Å²) < 4.78 is 41.2. The maximum absolute atomic E-state index is 13.0. The summed E-state index contributed by atoms with van der Waals surface area (Å²) >= 11 is 3.41. The van der Waals surface area contributed by atoms with E-state index in [0.717, 1.165) is 9.86 Å². The molecule has 2 unspecified atom stereocenters. The smallest absolute Gasteiger partial charge is 0.289 e. The molecule has 0 spiro atoms. The number of hydrogen-bond acceptors (Lipinski definition) is 5. The van der Waals surface area contributed by atoms with Crippen LogP contribution in [0.2, 0.25) is 0 Å². The van der Waals surface area contributed by atoms with Gasteiger partial charge in [-0.25, -0.2) is 0 Å². The summed E-state index contributed by atoms with van der Waals surface area (Å²) in [5.41, 5.74) is 0.647. The molecule has 2 fully saturated rings. The highest BCUT2D eigenvalue weighted by Crippen LogP contribution is 2.25. The normalized spacial score (nSPS) is 24.9. The van der Waals surface area contributed by atoms with Gasteiger partial charge in [-0.15, -0.1) is 0 Å². The molecule has 2 aliphatic heterocycles. The van der Waals surface area contributed by atoms with E-state index >= 15 is 0 Å². The molecule has 10 heteroatoms. The standard InChI is InChI=1S/C19H24BrN3O5S/c1-13-11-23(12-14(2)27-13)29(25,26)22-7-5-21(6-8-22)19(24)18-10-15-9-16(20)3-4-17(15)28-18/h3-4,9-10,13-14H,5-8,11-12H2,1-2H3. The molecule has 0 saturated carbocycles. The zero-order chi connectivity index (χ0) is 20.8. The van der Waals surface area contributed by atoms with Gasteiger partial charge in [0.2, 0.25) is 0 Å². The van der Waals surface area contributed by atoms with Gasteiger partial charge in [0.05, 0.1) is 12.2 Å². The Labute approximate surface area is 178 Å². The van der Waals surface area contributed by atoms with Crippen LogP contribution >= 0.6 is 15.9 Å². The number of carbonyl (C=O) groups is 1. The highest BCUT2D eigenvalue weighted by Gasteiger charge is 2.37. The van der Waals surface area contributed by atoms with E-state index in [1.54, 1.807) is 11.0 Å². The second-order valence-corrected chi connectivity index (χ2v) is 10.4. The summed E-state index contributed by atoms with van der Waals surface area (Å²) in [6, 6.07) is 7.29. The minimum absolute atomic E-state index is 0.135. The molecule has 0 radical (unpaired) electrons. The van der Waals surface area contributed by atoms with Crippen molar-refractivity contribution in [1.82, 2.24) is 13.5 Å². The molecule has 2 atom stereocenters. The minimum atomic E-state index is -3.57. The van der Waals surface area contributed by atoms with Gasteiger partial charge in [-0.05, 0) is 38.1 Å². The van der Waals surface area contributed by atoms with Crippen molar-refractivity contribution in [2.75, 3.05) is 39.3 Å². The molecule has 0 N–H and O–H groups in total. The number of halogens is 1. The fourth-order valence-corrected chi connectivity index (χ4v) is 6.01. The Kier molecular flexibility index (Phi) is 5.73. The van der Waals surface area contributed by atoms with Crippen molar-refractivity contribution < 1.29 is 22.4 Å². The van der Waals surface area contributed by atoms with Gasteiger partial charge in [0.1, 0.15) is 5.58 Å². The van der Waals surface area contributed by atoms with Crippen LogP contribution in [0.3, 0.4) is 0 Å². The van der Waals surface area contributed by atoms with Gasteiger partial charge in [0, 0.05) is 49.1 Å². The lowest BCUT2D eigenvalue weighted by Crippen LogP contribution is -2.57. The first-order valence-corrected chi connectivity index (χ1v) is 11.8. The van der Waals surface area contributed by atoms with E-state index in [1.807, 2.05) is 32.0 Å². The quantitative estimate of drug-likeness (QED) is 0.665. The molecule has 2 aromatic rings. The molecule has 1 aromatic heterocycles. The van der Waals surface area contributed by atoms with E-state index in [1.165, 1.54) is 8.61 Å². The van der Waals surface area contributed by atoms with Crippen molar-refractivity contribution in [3.8, 4) is 0 Å². The van der Waals surface area contributed by atoms with Crippen LogP contribution in [-0.2, 0) is 14.9 Å². The average Bonchev–Trinajstić information content (AvgIpc) is 3.10. The lowest BCUT2D eigenvalue weighted by Gasteiger charge is -2.40. The lowest BCUT2D eigenvalue weighted by atomic mass is 10.2. The summed E-state index contributed by atoms with van der Waals surface area (Å²) in [5, 5.41) is 0.847. The Morgan fingerprint density at radius 1 is 1.03 bits per heavy atom. The van der Waals surface area contributed by atoms with Gasteiger partial charge in [-0.2, -0.15) is 17.0 Å². The van der Waals surface area contributed by atoms with E-state index in [4.69, 9.17) is 9.15 Å². The van der Waals surface area contributed by atoms with E-state index in [9.17, 15) is 13.2 Å². The Balaban J connectivity index is 1.42. The first-order valence-electron chi connectivity index (χ1n) is 9.63. The van der Waals surface area contributed by atoms with Crippen LogP contribution in [0.4, 0.5) is 0 Å². The third-order valence-corrected chi connectivity index (χ3v) is 7.72. The highest BCUT2D eigenvalue weighted by atomic mass is 79.9. The largest absolute Gasteiger partial charge is 0.451 e. The number of piperazine rings is 1. The topological polar surface area (TPSA) is 83.3 Å². The van der Waals surface area contributed by atoms with Gasteiger partial charge in [0.15, 0.2) is 5.76 Å². The number of benzene rings is 1. The van der Waals surface area contributed by atoms with Crippen molar-refractivity contribution >= 4 is 43.0 Å². The molecule has 2 aliphatic rings. The zero-order valence-corrected chi connectivity index (χ0v) is 18.8. The zero-order valence-electron chi connectivity index (χ0n) is 16.4. The molecular weight excluding hydrogens is 462 g/mol. The molecule has 3 heterocycles. The summed E-state index contributed by atoms with van der Waals surface area (Å²) in [7, 11) is -3.57. The van der Waals surface area contributed by atoms with Gasteiger partial charge in [-0.3, -0.25) is 4.79 Å². The van der Waals surface area contributed by atoms with Crippen molar-refractivity contribution in [1.29, 1.82) is 0 Å². The summed E-state index contributed by atoms with van der Waals surface area (Å²) in [6.07, 6.45) is -0.269. The SMILES string of the molecule is CC1CN(S(=O)(=O)N2CCN(C(=O)c3cc4cc(Br)ccc4o3)CC2)CC(C)O1. The van der Waals surface area contributed by atoms with E-state index in [0.29, 0.717) is 31.8 Å². The number of ether oxygens (including phenoxy) is 1. The van der Waals surface area contributed by atoms with Crippen LogP contribution < -0.4 is 0 Å². The number of carbonyl (C=O) groups excluding carboxylic acids is 1. The Bertz CT molecular complexity index is 1010. The number of nitrogens with zero attached hydrogens (tertiary/aromatic N) is 3. The van der Waals surface area contributed by atoms with Crippen molar-refractivity contribution in [3.63, 3.8) is 0 Å². The van der Waals surface area contributed by atoms with Crippen molar-refractivity contribution in [3.05, 3.63) is 34.5 Å². The second kappa shape index (κ2) is 7.99. The molecule has 0 aliphatic carbocycles. The second-order valence-electron chi connectivity index (χ2n) is 7.57. The van der Waals surface area contributed by atoms with Crippen LogP contribution in [-0.4, -0.2) is 79.3 Å². The molecule has 0 bridgehead atoms. The number of hydrogen-bond donors (Lipinski definition) is 0. The molecule has 158 valence electrons. The maximum Gasteiger partial charge on any atom is 0.289 e. The van der Waals surface area contributed by atoms with Crippen LogP contribution in [0.5, 0.6) is 0 Å². The molecule has 1 amide bonds. The predicted octanol–water partition coefficient (Wildman–Crippen LogP) is 2.31. The predicted molar refractivity (Wildman–Crippen MR) is 112 cm³/mol. The van der Waals surface area contributed by atoms with E-state index in [-0.39, 0.29) is 37.0 Å². The molecule has 2 saturated heterocycles. The number of furan rings is 1. The van der Waals surface area contributed by atoms with Gasteiger partial charge < -0.3 is 14.1 Å². The molecule has 29 heavy (non-hydrogen) atoms. The maximum atomic E-state index is 13.0. The fraction of sp³-hybridized carbons (Fsp3) is 0.526. The summed E-state index contributed by atoms with van der Waals surface area (Å²) in [6.45, 7) is 5.63. The minimum Gasteiger partial charge on any atom is -0.451 e. The first-order chi connectivity index (χ1) is 13.7. The van der Waals surface area contributed by atoms with Crippen LogP contribution in [0.25, 0.3) is 11.0 Å². The average molecular weight is 486 g/mol. The third kappa shape index (κ3) is 4.22. The van der Waals surface area contributed by atoms with Gasteiger partial charge >= 0.3 is 0 Å². The van der Waals surface area contributed by atoms with Crippen LogP contribution in [0, 0.1) is 0 Å². The lowest BCUT2D eigenvalue weighted by molar-refractivity contribution is -0.0457. The monoisotopic (exact) mass is 485 g/mol. The van der Waals surface area contributed by atoms with Gasteiger partial charge in [-0.1, -0.05) is 15.9 Å². The number of fused-ring (bicyclic) bond motifs is 1. The summed E-state index contributed by atoms with van der Waals surface area (Å²) in [4.78, 5) is 14.5. The van der Waals surface area contributed by atoms with Gasteiger partial charge in [0.25, 0.3) is 16.1 Å². The summed E-state index contributed by atoms with van der Waals surface area (Å²) in [5.74, 6) is 0.0493. The van der Waals surface area contributed by atoms with Crippen molar-refractivity contribution in [2.24, 2.45) is 0 Å². The Morgan fingerprint density at radius 2 is 1.69 bits per heavy atom. The number of morpholine rings is 1. The van der Waals surface area contributed by atoms with Crippen molar-refractivity contribution in [2.45, 2.75) is 26.1 Å². The Morgan fingerprint density at radius 3 is 2.34 bits per heavy atom. The third-order valence-electron chi connectivity index (χ3n) is 5.25.